The zero-order valence-electron chi connectivity index (χ0n) is 13.0. The molecule has 0 saturated heterocycles. The molecule has 0 aliphatic heterocycles. The maximum Gasteiger partial charge on any atom is 0.333 e. The fraction of sp³-hybridized carbons (Fsp3) is 0.667. The van der Waals surface area contributed by atoms with Crippen molar-refractivity contribution in [1.82, 2.24) is 0 Å². The lowest BCUT2D eigenvalue weighted by Gasteiger charge is -2.15. The summed E-state index contributed by atoms with van der Waals surface area (Å²) in [7, 11) is 0. The van der Waals surface area contributed by atoms with Crippen LogP contribution in [-0.4, -0.2) is 35.2 Å². The third-order valence-corrected chi connectivity index (χ3v) is 2.54. The van der Waals surface area contributed by atoms with E-state index in [1.54, 1.807) is 27.7 Å². The van der Waals surface area contributed by atoms with Gasteiger partial charge in [0, 0.05) is 12.0 Å². The Balaban J connectivity index is 4.44. The smallest absolute Gasteiger partial charge is 0.333 e. The van der Waals surface area contributed by atoms with Gasteiger partial charge in [-0.1, -0.05) is 6.58 Å². The molecule has 0 aliphatic rings. The zero-order valence-corrected chi connectivity index (χ0v) is 13.0. The second kappa shape index (κ2) is 9.15. The summed E-state index contributed by atoms with van der Waals surface area (Å²) in [6.07, 6.45) is -0.498. The van der Waals surface area contributed by atoms with Gasteiger partial charge in [0.25, 0.3) is 0 Å². The Morgan fingerprint density at radius 2 is 1.57 bits per heavy atom. The first-order valence-corrected chi connectivity index (χ1v) is 6.94. The molecule has 0 spiro atoms. The molecular formula is C15H24O6. The van der Waals surface area contributed by atoms with E-state index in [4.69, 9.17) is 14.6 Å². The number of ether oxygens (including phenoxy) is 2. The molecule has 6 nitrogen and oxygen atoms in total. The lowest BCUT2D eigenvalue weighted by Crippen LogP contribution is -2.21. The number of hydrogen-bond donors (Lipinski definition) is 1. The van der Waals surface area contributed by atoms with Crippen LogP contribution < -0.4 is 0 Å². The largest absolute Gasteiger partial charge is 0.481 e. The number of hydrogen-bond acceptors (Lipinski definition) is 5. The van der Waals surface area contributed by atoms with E-state index in [1.165, 1.54) is 0 Å². The van der Waals surface area contributed by atoms with Crippen molar-refractivity contribution in [3.8, 4) is 0 Å². The molecule has 0 saturated carbocycles. The molecule has 21 heavy (non-hydrogen) atoms. The lowest BCUT2D eigenvalue weighted by atomic mass is 9.95. The van der Waals surface area contributed by atoms with E-state index in [1.807, 2.05) is 0 Å². The van der Waals surface area contributed by atoms with Gasteiger partial charge < -0.3 is 14.6 Å². The van der Waals surface area contributed by atoms with Crippen molar-refractivity contribution in [1.29, 1.82) is 0 Å². The van der Waals surface area contributed by atoms with Crippen LogP contribution in [-0.2, 0) is 23.9 Å². The predicted octanol–water partition coefficient (Wildman–Crippen LogP) is 2.32. The fourth-order valence-corrected chi connectivity index (χ4v) is 1.60. The van der Waals surface area contributed by atoms with Gasteiger partial charge >= 0.3 is 17.9 Å². The summed E-state index contributed by atoms with van der Waals surface area (Å²) in [4.78, 5) is 34.2. The average Bonchev–Trinajstić information content (AvgIpc) is 2.31. The standard InChI is InChI=1S/C15H24O6/c1-9(2)20-13(16)7-6-12(14(17)18)8-11(5)15(19)21-10(3)4/h9-10,12H,5-8H2,1-4H3,(H,17,18). The summed E-state index contributed by atoms with van der Waals surface area (Å²) < 4.78 is 9.89. The van der Waals surface area contributed by atoms with Crippen LogP contribution in [0.3, 0.4) is 0 Å². The minimum Gasteiger partial charge on any atom is -0.481 e. The highest BCUT2D eigenvalue weighted by Crippen LogP contribution is 2.18. The van der Waals surface area contributed by atoms with E-state index in [-0.39, 0.29) is 37.0 Å². The van der Waals surface area contributed by atoms with Crippen LogP contribution in [0.5, 0.6) is 0 Å². The summed E-state index contributed by atoms with van der Waals surface area (Å²) in [5.74, 6) is -3.00. The first-order chi connectivity index (χ1) is 9.63. The molecule has 1 N–H and O–H groups in total. The SMILES string of the molecule is C=C(CC(CCC(=O)OC(C)C)C(=O)O)C(=O)OC(C)C. The number of esters is 2. The van der Waals surface area contributed by atoms with Gasteiger partial charge in [0.15, 0.2) is 0 Å². The normalized spacial score (nSPS) is 12.1. The van der Waals surface area contributed by atoms with Crippen molar-refractivity contribution in [2.75, 3.05) is 0 Å². The van der Waals surface area contributed by atoms with Crippen molar-refractivity contribution < 1.29 is 29.0 Å². The second-order valence-corrected chi connectivity index (χ2v) is 5.37. The third-order valence-electron chi connectivity index (χ3n) is 2.54. The van der Waals surface area contributed by atoms with Gasteiger partial charge in [0.1, 0.15) is 0 Å². The summed E-state index contributed by atoms with van der Waals surface area (Å²) in [5.41, 5.74) is 0.0910. The monoisotopic (exact) mass is 300 g/mol. The van der Waals surface area contributed by atoms with Crippen molar-refractivity contribution in [2.45, 2.75) is 59.2 Å². The average molecular weight is 300 g/mol. The van der Waals surface area contributed by atoms with Gasteiger partial charge in [-0.3, -0.25) is 9.59 Å². The third kappa shape index (κ3) is 8.83. The number of carbonyl (C=O) groups excluding carboxylic acids is 2. The predicted molar refractivity (Wildman–Crippen MR) is 76.6 cm³/mol. The maximum atomic E-state index is 11.6. The van der Waals surface area contributed by atoms with Crippen molar-refractivity contribution in [2.24, 2.45) is 5.92 Å². The van der Waals surface area contributed by atoms with Crippen LogP contribution in [0.1, 0.15) is 47.0 Å². The summed E-state index contributed by atoms with van der Waals surface area (Å²) in [6.45, 7) is 10.4. The molecule has 0 aromatic heterocycles. The van der Waals surface area contributed by atoms with E-state index in [2.05, 4.69) is 6.58 Å². The van der Waals surface area contributed by atoms with E-state index in [0.29, 0.717) is 0 Å². The Morgan fingerprint density at radius 3 is 2.00 bits per heavy atom. The highest BCUT2D eigenvalue weighted by Gasteiger charge is 2.23. The molecule has 1 unspecified atom stereocenters. The van der Waals surface area contributed by atoms with Gasteiger partial charge in [-0.15, -0.1) is 0 Å². The Kier molecular flexibility index (Phi) is 8.35. The highest BCUT2D eigenvalue weighted by molar-refractivity contribution is 5.88. The molecule has 0 bridgehead atoms. The van der Waals surface area contributed by atoms with Crippen LogP contribution >= 0.6 is 0 Å². The number of carboxylic acids is 1. The molecule has 0 amide bonds. The Morgan fingerprint density at radius 1 is 1.05 bits per heavy atom. The fourth-order valence-electron chi connectivity index (χ4n) is 1.60. The van der Waals surface area contributed by atoms with Crippen LogP contribution in [0.4, 0.5) is 0 Å². The lowest BCUT2D eigenvalue weighted by molar-refractivity contribution is -0.148. The van der Waals surface area contributed by atoms with Crippen molar-refractivity contribution >= 4 is 17.9 Å². The van der Waals surface area contributed by atoms with E-state index in [0.717, 1.165) is 0 Å². The van der Waals surface area contributed by atoms with Crippen LogP contribution in [0.15, 0.2) is 12.2 Å². The zero-order chi connectivity index (χ0) is 16.6. The summed E-state index contributed by atoms with van der Waals surface area (Å²) in [6, 6.07) is 0. The molecule has 0 aromatic carbocycles. The molecule has 0 heterocycles. The molecule has 0 rings (SSSR count). The first-order valence-electron chi connectivity index (χ1n) is 6.94. The van der Waals surface area contributed by atoms with Gasteiger partial charge in [0.05, 0.1) is 18.1 Å². The number of carboxylic acid groups (broad SMARTS) is 1. The highest BCUT2D eigenvalue weighted by atomic mass is 16.5. The Hall–Kier alpha value is -1.85. The molecule has 0 radical (unpaired) electrons. The maximum absolute atomic E-state index is 11.6. The van der Waals surface area contributed by atoms with Gasteiger partial charge in [-0.05, 0) is 40.5 Å². The van der Waals surface area contributed by atoms with E-state index in [9.17, 15) is 14.4 Å². The Bertz CT molecular complexity index is 397. The van der Waals surface area contributed by atoms with Crippen LogP contribution in [0.25, 0.3) is 0 Å². The van der Waals surface area contributed by atoms with Gasteiger partial charge in [-0.2, -0.15) is 0 Å². The number of carbonyl (C=O) groups is 3. The molecule has 1 atom stereocenters. The summed E-state index contributed by atoms with van der Waals surface area (Å²) >= 11 is 0. The molecule has 6 heteroatoms. The summed E-state index contributed by atoms with van der Waals surface area (Å²) in [5, 5.41) is 9.14. The molecule has 0 aliphatic carbocycles. The molecular weight excluding hydrogens is 276 g/mol. The van der Waals surface area contributed by atoms with Crippen molar-refractivity contribution in [3.05, 3.63) is 12.2 Å². The van der Waals surface area contributed by atoms with Crippen molar-refractivity contribution in [3.63, 3.8) is 0 Å². The van der Waals surface area contributed by atoms with E-state index >= 15 is 0 Å². The first kappa shape index (κ1) is 19.1. The van der Waals surface area contributed by atoms with Gasteiger partial charge in [-0.25, -0.2) is 4.79 Å². The van der Waals surface area contributed by atoms with Crippen LogP contribution in [0.2, 0.25) is 0 Å². The second-order valence-electron chi connectivity index (χ2n) is 5.37. The van der Waals surface area contributed by atoms with Crippen LogP contribution in [0, 0.1) is 5.92 Å². The topological polar surface area (TPSA) is 89.9 Å². The minimum atomic E-state index is -1.08. The van der Waals surface area contributed by atoms with Gasteiger partial charge in [0.2, 0.25) is 0 Å². The Labute approximate surface area is 125 Å². The molecule has 0 fully saturated rings. The quantitative estimate of drug-likeness (QED) is 0.519. The minimum absolute atomic E-state index is 0.0122. The molecule has 120 valence electrons. The molecule has 0 aromatic rings. The number of rotatable bonds is 9. The number of aliphatic carboxylic acids is 1. The van der Waals surface area contributed by atoms with E-state index < -0.39 is 23.8 Å².